The molecule has 0 saturated carbocycles. The van der Waals surface area contributed by atoms with Gasteiger partial charge in [-0.2, -0.15) is 0 Å². The number of aromatic nitrogens is 1. The highest BCUT2D eigenvalue weighted by Crippen LogP contribution is 2.22. The molecule has 1 aliphatic carbocycles. The number of nitrogens with one attached hydrogen (secondary N) is 1. The third-order valence-electron chi connectivity index (χ3n) is 2.58. The molecule has 82 valence electrons. The average Bonchev–Trinajstić information content (AvgIpc) is 2.66. The zero-order valence-corrected chi connectivity index (χ0v) is 11.0. The van der Waals surface area contributed by atoms with Gasteiger partial charge in [0.1, 0.15) is 4.60 Å². The highest BCUT2D eigenvalue weighted by molar-refractivity contribution is 9.10. The second kappa shape index (κ2) is 5.66. The highest BCUT2D eigenvalue weighted by Gasteiger charge is 2.03. The summed E-state index contributed by atoms with van der Waals surface area (Å²) in [6, 6.07) is 0. The molecule has 0 aromatic carbocycles. The summed E-state index contributed by atoms with van der Waals surface area (Å²) in [5, 5.41) is 6.36. The quantitative estimate of drug-likeness (QED) is 0.839. The van der Waals surface area contributed by atoms with Crippen LogP contribution in [0.15, 0.2) is 21.6 Å². The van der Waals surface area contributed by atoms with Gasteiger partial charge in [0.15, 0.2) is 5.13 Å². The lowest BCUT2D eigenvalue weighted by atomic mass is 9.97. The molecule has 1 N–H and O–H groups in total. The van der Waals surface area contributed by atoms with Crippen molar-refractivity contribution >= 4 is 32.4 Å². The number of rotatable bonds is 4. The van der Waals surface area contributed by atoms with E-state index in [1.54, 1.807) is 16.9 Å². The molecule has 0 unspecified atom stereocenters. The van der Waals surface area contributed by atoms with Gasteiger partial charge in [0.05, 0.1) is 0 Å². The van der Waals surface area contributed by atoms with Crippen molar-refractivity contribution in [3.05, 3.63) is 21.6 Å². The summed E-state index contributed by atoms with van der Waals surface area (Å²) in [7, 11) is 0. The summed E-state index contributed by atoms with van der Waals surface area (Å²) in [6.07, 6.45) is 8.88. The maximum atomic E-state index is 4.30. The monoisotopic (exact) mass is 286 g/mol. The molecule has 2 nitrogen and oxygen atoms in total. The Labute approximate surface area is 103 Å². The SMILES string of the molecule is Brc1csc(NCCC2=CCCCC2)n1. The summed E-state index contributed by atoms with van der Waals surface area (Å²) < 4.78 is 0.923. The molecule has 0 spiro atoms. The van der Waals surface area contributed by atoms with Gasteiger partial charge < -0.3 is 5.32 Å². The zero-order valence-electron chi connectivity index (χ0n) is 8.63. The Kier molecular flexibility index (Phi) is 4.20. The Morgan fingerprint density at radius 2 is 2.40 bits per heavy atom. The summed E-state index contributed by atoms with van der Waals surface area (Å²) in [5.74, 6) is 0. The maximum absolute atomic E-state index is 4.30. The average molecular weight is 287 g/mol. The normalized spacial score (nSPS) is 16.2. The smallest absolute Gasteiger partial charge is 0.183 e. The molecule has 15 heavy (non-hydrogen) atoms. The van der Waals surface area contributed by atoms with Gasteiger partial charge in [-0.15, -0.1) is 11.3 Å². The van der Waals surface area contributed by atoms with E-state index < -0.39 is 0 Å². The van der Waals surface area contributed by atoms with Crippen molar-refractivity contribution in [1.82, 2.24) is 4.98 Å². The molecule has 0 saturated heterocycles. The van der Waals surface area contributed by atoms with Gasteiger partial charge in [-0.25, -0.2) is 4.98 Å². The van der Waals surface area contributed by atoms with Crippen LogP contribution in [0.1, 0.15) is 32.1 Å². The van der Waals surface area contributed by atoms with E-state index >= 15 is 0 Å². The summed E-state index contributed by atoms with van der Waals surface area (Å²) in [5.41, 5.74) is 1.62. The van der Waals surface area contributed by atoms with Crippen molar-refractivity contribution in [2.24, 2.45) is 0 Å². The first-order valence-corrected chi connectivity index (χ1v) is 7.04. The molecule has 2 rings (SSSR count). The maximum Gasteiger partial charge on any atom is 0.183 e. The first-order chi connectivity index (χ1) is 7.34. The molecule has 1 heterocycles. The third kappa shape index (κ3) is 3.61. The molecule has 1 aliphatic rings. The Hall–Kier alpha value is -0.350. The van der Waals surface area contributed by atoms with Crippen LogP contribution in [0.5, 0.6) is 0 Å². The van der Waals surface area contributed by atoms with E-state index in [9.17, 15) is 0 Å². The van der Waals surface area contributed by atoms with Crippen LogP contribution in [-0.2, 0) is 0 Å². The number of hydrogen-bond acceptors (Lipinski definition) is 3. The van der Waals surface area contributed by atoms with Crippen LogP contribution in [0.2, 0.25) is 0 Å². The molecule has 4 heteroatoms. The van der Waals surface area contributed by atoms with Crippen LogP contribution in [0.25, 0.3) is 0 Å². The van der Waals surface area contributed by atoms with E-state index in [0.717, 1.165) is 22.7 Å². The fraction of sp³-hybridized carbons (Fsp3) is 0.545. The van der Waals surface area contributed by atoms with Gasteiger partial charge in [-0.05, 0) is 48.0 Å². The van der Waals surface area contributed by atoms with Crippen LogP contribution in [0.3, 0.4) is 0 Å². The van der Waals surface area contributed by atoms with Crippen molar-refractivity contribution in [2.75, 3.05) is 11.9 Å². The number of nitrogens with zero attached hydrogens (tertiary/aromatic N) is 1. The standard InChI is InChI=1S/C11H15BrN2S/c12-10-8-15-11(14-10)13-7-6-9-4-2-1-3-5-9/h4,8H,1-3,5-7H2,(H,13,14). The van der Waals surface area contributed by atoms with Crippen molar-refractivity contribution in [3.63, 3.8) is 0 Å². The number of allylic oxidation sites excluding steroid dienone is 1. The first kappa shape index (κ1) is 11.1. The second-order valence-electron chi connectivity index (χ2n) is 3.76. The van der Waals surface area contributed by atoms with Crippen molar-refractivity contribution in [2.45, 2.75) is 32.1 Å². The molecule has 0 bridgehead atoms. The Morgan fingerprint density at radius 1 is 1.47 bits per heavy atom. The van der Waals surface area contributed by atoms with Gasteiger partial charge in [0.25, 0.3) is 0 Å². The van der Waals surface area contributed by atoms with E-state index in [-0.39, 0.29) is 0 Å². The molecule has 0 atom stereocenters. The number of anilines is 1. The largest absolute Gasteiger partial charge is 0.361 e. The van der Waals surface area contributed by atoms with E-state index in [1.165, 1.54) is 25.7 Å². The van der Waals surface area contributed by atoms with E-state index in [1.807, 2.05) is 5.38 Å². The Morgan fingerprint density at radius 3 is 3.07 bits per heavy atom. The number of hydrogen-bond donors (Lipinski definition) is 1. The lowest BCUT2D eigenvalue weighted by Gasteiger charge is -2.12. The minimum Gasteiger partial charge on any atom is -0.361 e. The molecule has 0 aliphatic heterocycles. The van der Waals surface area contributed by atoms with Crippen molar-refractivity contribution < 1.29 is 0 Å². The minimum atomic E-state index is 0.923. The zero-order chi connectivity index (χ0) is 10.5. The van der Waals surface area contributed by atoms with Crippen molar-refractivity contribution in [3.8, 4) is 0 Å². The van der Waals surface area contributed by atoms with Gasteiger partial charge in [0.2, 0.25) is 0 Å². The summed E-state index contributed by atoms with van der Waals surface area (Å²) >= 11 is 5.00. The molecule has 0 radical (unpaired) electrons. The predicted molar refractivity (Wildman–Crippen MR) is 69.5 cm³/mol. The lowest BCUT2D eigenvalue weighted by molar-refractivity contribution is 0.679. The van der Waals surface area contributed by atoms with Gasteiger partial charge >= 0.3 is 0 Å². The molecule has 0 fully saturated rings. The molecular weight excluding hydrogens is 272 g/mol. The lowest BCUT2D eigenvalue weighted by Crippen LogP contribution is -2.03. The molecular formula is C11H15BrN2S. The summed E-state index contributed by atoms with van der Waals surface area (Å²) in [6.45, 7) is 1.01. The number of thiazole rings is 1. The number of halogens is 1. The third-order valence-corrected chi connectivity index (χ3v) is 4.09. The van der Waals surface area contributed by atoms with Crippen LogP contribution in [-0.4, -0.2) is 11.5 Å². The Bertz CT molecular complexity index is 346. The second-order valence-corrected chi connectivity index (χ2v) is 5.43. The fourth-order valence-electron chi connectivity index (χ4n) is 1.80. The first-order valence-electron chi connectivity index (χ1n) is 5.37. The van der Waals surface area contributed by atoms with E-state index in [4.69, 9.17) is 0 Å². The Balaban J connectivity index is 1.72. The minimum absolute atomic E-state index is 0.923. The van der Waals surface area contributed by atoms with Gasteiger partial charge in [0, 0.05) is 11.9 Å². The van der Waals surface area contributed by atoms with E-state index in [2.05, 4.69) is 32.3 Å². The van der Waals surface area contributed by atoms with Crippen LogP contribution >= 0.6 is 27.3 Å². The molecule has 1 aromatic heterocycles. The fourth-order valence-corrected chi connectivity index (χ4v) is 2.97. The van der Waals surface area contributed by atoms with Crippen LogP contribution < -0.4 is 5.32 Å². The van der Waals surface area contributed by atoms with Gasteiger partial charge in [-0.1, -0.05) is 11.6 Å². The molecule has 0 amide bonds. The van der Waals surface area contributed by atoms with Gasteiger partial charge in [-0.3, -0.25) is 0 Å². The highest BCUT2D eigenvalue weighted by atomic mass is 79.9. The van der Waals surface area contributed by atoms with E-state index in [0.29, 0.717) is 0 Å². The summed E-state index contributed by atoms with van der Waals surface area (Å²) in [4.78, 5) is 4.30. The molecule has 1 aromatic rings. The van der Waals surface area contributed by atoms with Crippen molar-refractivity contribution in [1.29, 1.82) is 0 Å². The van der Waals surface area contributed by atoms with Crippen LogP contribution in [0.4, 0.5) is 5.13 Å². The topological polar surface area (TPSA) is 24.9 Å². The van der Waals surface area contributed by atoms with Crippen LogP contribution in [0, 0.1) is 0 Å². The predicted octanol–water partition coefficient (Wildman–Crippen LogP) is 4.21.